The van der Waals surface area contributed by atoms with E-state index in [0.717, 1.165) is 122 Å². The monoisotopic (exact) mass is 1480 g/mol. The van der Waals surface area contributed by atoms with Crippen molar-refractivity contribution in [2.45, 2.75) is 334 Å². The van der Waals surface area contributed by atoms with Crippen molar-refractivity contribution in [3.8, 4) is 0 Å². The zero-order valence-electron chi connectivity index (χ0n) is 64.4. The molecule has 0 aromatic heterocycles. The van der Waals surface area contributed by atoms with Gasteiger partial charge in [0, 0.05) is 19.3 Å². The van der Waals surface area contributed by atoms with E-state index in [2.05, 4.69) is 148 Å². The SMILES string of the molecule is CC/C=C\C/C=C\C/C=C\C/C=C\C/C=C\C/C=C\CCC(=O)OCC(COP(=O)(O)OCC(O)COP(=O)(O)OCC(O)COC(=O)CCCCCCCCCCCCCCCCCCC/C=C\C/C=C\C/C=C\C/C=C\C/C=C\CC)OC(=O)CCCCCCC/C=C\CCCCCCCC. The molecule has 4 N–H and O–H groups in total. The number of hydrogen-bond acceptors (Lipinski definition) is 14. The molecule has 0 aromatic carbocycles. The van der Waals surface area contributed by atoms with E-state index in [0.29, 0.717) is 25.7 Å². The first-order valence-electron chi connectivity index (χ1n) is 40.1. The molecule has 0 amide bonds. The van der Waals surface area contributed by atoms with Crippen molar-refractivity contribution in [2.24, 2.45) is 0 Å². The molecule has 5 atom stereocenters. The molecule has 0 spiro atoms. The lowest BCUT2D eigenvalue weighted by atomic mass is 10.0. The summed E-state index contributed by atoms with van der Waals surface area (Å²) in [5, 5.41) is 20.6. The van der Waals surface area contributed by atoms with E-state index < -0.39 is 91.5 Å². The summed E-state index contributed by atoms with van der Waals surface area (Å²) in [4.78, 5) is 58.6. The average Bonchev–Trinajstić information content (AvgIpc) is 0.917. The molecular weight excluding hydrogens is 1340 g/mol. The molecule has 0 aliphatic rings. The van der Waals surface area contributed by atoms with Crippen LogP contribution in [0.15, 0.2) is 146 Å². The van der Waals surface area contributed by atoms with Crippen LogP contribution in [-0.2, 0) is 55.8 Å². The largest absolute Gasteiger partial charge is 0.472 e. The van der Waals surface area contributed by atoms with Crippen LogP contribution in [0.3, 0.4) is 0 Å². The van der Waals surface area contributed by atoms with E-state index >= 15 is 0 Å². The molecule has 18 heteroatoms. The van der Waals surface area contributed by atoms with Crippen LogP contribution < -0.4 is 0 Å². The van der Waals surface area contributed by atoms with Crippen molar-refractivity contribution in [3.63, 3.8) is 0 Å². The molecular formula is C85H144O16P2. The number of carbonyl (C=O) groups is 3. The summed E-state index contributed by atoms with van der Waals surface area (Å²) < 4.78 is 61.0. The average molecular weight is 1480 g/mol. The van der Waals surface area contributed by atoms with E-state index in [9.17, 15) is 43.5 Å². The first-order valence-corrected chi connectivity index (χ1v) is 43.1. The molecule has 590 valence electrons. The van der Waals surface area contributed by atoms with Crippen LogP contribution in [0.4, 0.5) is 0 Å². The summed E-state index contributed by atoms with van der Waals surface area (Å²) in [7, 11) is -9.81. The zero-order valence-corrected chi connectivity index (χ0v) is 66.2. The lowest BCUT2D eigenvalue weighted by Gasteiger charge is -2.21. The van der Waals surface area contributed by atoms with Crippen LogP contribution in [0.1, 0.15) is 316 Å². The Morgan fingerprint density at radius 3 is 0.883 bits per heavy atom. The van der Waals surface area contributed by atoms with Crippen LogP contribution in [0.5, 0.6) is 0 Å². The summed E-state index contributed by atoms with van der Waals surface area (Å²) in [6.45, 7) is 2.36. The second-order valence-corrected chi connectivity index (χ2v) is 29.4. The van der Waals surface area contributed by atoms with E-state index in [1.54, 1.807) is 0 Å². The van der Waals surface area contributed by atoms with E-state index in [4.69, 9.17) is 32.3 Å². The maximum atomic E-state index is 12.9. The first-order chi connectivity index (χ1) is 50.2. The molecule has 0 aliphatic heterocycles. The topological polar surface area (TPSA) is 231 Å². The summed E-state index contributed by atoms with van der Waals surface area (Å²) in [5.41, 5.74) is 0. The molecule has 16 nitrogen and oxygen atoms in total. The van der Waals surface area contributed by atoms with Gasteiger partial charge in [-0.25, -0.2) is 9.13 Å². The number of aliphatic hydroxyl groups excluding tert-OH is 2. The molecule has 0 saturated carbocycles. The predicted molar refractivity (Wildman–Crippen MR) is 426 cm³/mol. The second kappa shape index (κ2) is 77.1. The number of phosphoric ester groups is 2. The van der Waals surface area contributed by atoms with Gasteiger partial charge in [0.1, 0.15) is 25.4 Å². The highest BCUT2D eigenvalue weighted by molar-refractivity contribution is 7.47. The van der Waals surface area contributed by atoms with E-state index in [-0.39, 0.29) is 19.3 Å². The minimum Gasteiger partial charge on any atom is -0.463 e. The summed E-state index contributed by atoms with van der Waals surface area (Å²) >= 11 is 0. The fourth-order valence-corrected chi connectivity index (χ4v) is 12.1. The zero-order chi connectivity index (χ0) is 75.2. The minimum absolute atomic E-state index is 0.0411. The number of hydrogen-bond donors (Lipinski definition) is 4. The molecule has 0 fully saturated rings. The van der Waals surface area contributed by atoms with Crippen molar-refractivity contribution >= 4 is 33.6 Å². The highest BCUT2D eigenvalue weighted by atomic mass is 31.2. The van der Waals surface area contributed by atoms with Gasteiger partial charge in [0.2, 0.25) is 0 Å². The van der Waals surface area contributed by atoms with Gasteiger partial charge in [-0.05, 0) is 128 Å². The normalized spacial score (nSPS) is 14.7. The molecule has 0 bridgehead atoms. The minimum atomic E-state index is -4.95. The third-order valence-electron chi connectivity index (χ3n) is 16.5. The third-order valence-corrected chi connectivity index (χ3v) is 18.4. The number of allylic oxidation sites excluding steroid dienone is 24. The van der Waals surface area contributed by atoms with Crippen LogP contribution in [0.25, 0.3) is 0 Å². The molecule has 0 aromatic rings. The number of carbonyl (C=O) groups excluding carboxylic acids is 3. The lowest BCUT2D eigenvalue weighted by Crippen LogP contribution is -2.30. The van der Waals surface area contributed by atoms with Crippen LogP contribution in [0.2, 0.25) is 0 Å². The van der Waals surface area contributed by atoms with Gasteiger partial charge in [0.25, 0.3) is 0 Å². The predicted octanol–water partition coefficient (Wildman–Crippen LogP) is 23.7. The fourth-order valence-electron chi connectivity index (χ4n) is 10.5. The molecule has 0 heterocycles. The Morgan fingerprint density at radius 2 is 0.534 bits per heavy atom. The van der Waals surface area contributed by atoms with Gasteiger partial charge in [-0.2, -0.15) is 0 Å². The smallest absolute Gasteiger partial charge is 0.463 e. The number of rotatable bonds is 75. The summed E-state index contributed by atoms with van der Waals surface area (Å²) in [6.07, 6.45) is 95.0. The maximum absolute atomic E-state index is 12.9. The van der Waals surface area contributed by atoms with Crippen molar-refractivity contribution in [1.82, 2.24) is 0 Å². The Hall–Kier alpha value is -4.57. The Labute approximate surface area is 626 Å². The quantitative estimate of drug-likeness (QED) is 0.0146. The number of unbranched alkanes of at least 4 members (excludes halogenated alkanes) is 28. The van der Waals surface area contributed by atoms with Crippen molar-refractivity contribution in [2.75, 3.05) is 39.6 Å². The van der Waals surface area contributed by atoms with Crippen LogP contribution >= 0.6 is 15.6 Å². The Balaban J connectivity index is 4.48. The van der Waals surface area contributed by atoms with E-state index in [1.165, 1.54) is 128 Å². The highest BCUT2D eigenvalue weighted by Gasteiger charge is 2.29. The lowest BCUT2D eigenvalue weighted by molar-refractivity contribution is -0.161. The highest BCUT2D eigenvalue weighted by Crippen LogP contribution is 2.45. The molecule has 0 rings (SSSR count). The summed E-state index contributed by atoms with van der Waals surface area (Å²) in [6, 6.07) is 0. The number of phosphoric acid groups is 2. The fraction of sp³-hybridized carbons (Fsp3) is 0.682. The van der Waals surface area contributed by atoms with Gasteiger partial charge >= 0.3 is 33.6 Å². The summed E-state index contributed by atoms with van der Waals surface area (Å²) in [5.74, 6) is -1.68. The molecule has 0 radical (unpaired) electrons. The van der Waals surface area contributed by atoms with Gasteiger partial charge in [0.15, 0.2) is 6.10 Å². The van der Waals surface area contributed by atoms with E-state index in [1.807, 2.05) is 18.2 Å². The Bertz CT molecular complexity index is 2450. The van der Waals surface area contributed by atoms with Gasteiger partial charge in [-0.3, -0.25) is 32.5 Å². The number of ether oxygens (including phenoxy) is 3. The van der Waals surface area contributed by atoms with Gasteiger partial charge in [0.05, 0.1) is 26.4 Å². The number of aliphatic hydroxyl groups is 2. The van der Waals surface area contributed by atoms with Crippen molar-refractivity contribution in [3.05, 3.63) is 146 Å². The van der Waals surface area contributed by atoms with Gasteiger partial charge in [-0.1, -0.05) is 314 Å². The molecule has 103 heavy (non-hydrogen) atoms. The van der Waals surface area contributed by atoms with Crippen LogP contribution in [-0.4, -0.2) is 95.9 Å². The maximum Gasteiger partial charge on any atom is 0.472 e. The Kier molecular flexibility index (Phi) is 73.6. The molecule has 0 aliphatic carbocycles. The van der Waals surface area contributed by atoms with Crippen molar-refractivity contribution in [1.29, 1.82) is 0 Å². The standard InChI is InChI=1S/C85H144O16P2/c1-4-7-10-13-16-19-22-25-28-30-32-33-34-35-36-37-38-39-40-41-42-43-44-45-47-49-51-53-56-59-62-65-68-71-83(88)95-74-80(86)75-97-102(91,92)98-76-81(87)77-99-103(93,94)100-79-82(101-85(90)73-70-67-64-61-58-55-50-27-24-21-18-15-12-9-6-3)78-96-84(89)72-69-66-63-60-57-54-52-48-46-31-29-26-23-20-17-14-11-8-5-2/h7-8,10-11,16-17,19-20,25-29,32-33,35-36,46,48,50,54,57,63,66,80-82,86-87H,4-6,9,12-15,18,21-24,30-31,34,37-45,47,49,51-53,55-56,58-62,64-65,67-79H2,1-3H3,(H,91,92)(H,93,94)/b10-7-,11-8-,19-16-,20-17-,28-25-,29-26-,33-32-,36-35-,48-46-,50-27-,57-54-,66-63-. The van der Waals surface area contributed by atoms with Crippen LogP contribution in [0, 0.1) is 0 Å². The number of esters is 3. The third kappa shape index (κ3) is 78.3. The Morgan fingerprint density at radius 1 is 0.282 bits per heavy atom. The van der Waals surface area contributed by atoms with Gasteiger partial charge in [-0.15, -0.1) is 0 Å². The second-order valence-electron chi connectivity index (χ2n) is 26.5. The first kappa shape index (κ1) is 98.4. The molecule has 5 unspecified atom stereocenters. The molecule has 0 saturated heterocycles. The van der Waals surface area contributed by atoms with Crippen molar-refractivity contribution < 1.29 is 75.8 Å². The van der Waals surface area contributed by atoms with Gasteiger partial charge < -0.3 is 34.2 Å².